The molecule has 78 valence electrons. The highest BCUT2D eigenvalue weighted by atomic mass is 16.5. The lowest BCUT2D eigenvalue weighted by Crippen LogP contribution is -2.14. The molecule has 14 heavy (non-hydrogen) atoms. The summed E-state index contributed by atoms with van der Waals surface area (Å²) in [5.41, 5.74) is 0.423. The van der Waals surface area contributed by atoms with Gasteiger partial charge in [-0.05, 0) is 12.5 Å². The third-order valence-electron chi connectivity index (χ3n) is 2.30. The Morgan fingerprint density at radius 1 is 1.57 bits per heavy atom. The molecule has 0 bridgehead atoms. The number of ether oxygens (including phenoxy) is 2. The molecule has 4 nitrogen and oxygen atoms in total. The smallest absolute Gasteiger partial charge is 0.334 e. The lowest BCUT2D eigenvalue weighted by molar-refractivity contribution is -0.136. The zero-order chi connectivity index (χ0) is 10.7. The highest BCUT2D eigenvalue weighted by Gasteiger charge is 2.32. The van der Waals surface area contributed by atoms with Gasteiger partial charge in [0.2, 0.25) is 0 Å². The topological polar surface area (TPSA) is 55.8 Å². The van der Waals surface area contributed by atoms with E-state index in [4.69, 9.17) is 4.74 Å². The molecule has 0 fully saturated rings. The van der Waals surface area contributed by atoms with Gasteiger partial charge in [0.1, 0.15) is 0 Å². The van der Waals surface area contributed by atoms with Crippen LogP contribution in [0.15, 0.2) is 24.0 Å². The summed E-state index contributed by atoms with van der Waals surface area (Å²) in [7, 11) is 2.79. The lowest BCUT2D eigenvalue weighted by atomic mass is 10.00. The van der Waals surface area contributed by atoms with E-state index < -0.39 is 12.1 Å². The van der Waals surface area contributed by atoms with Gasteiger partial charge in [0.15, 0.2) is 0 Å². The zero-order valence-electron chi connectivity index (χ0n) is 8.32. The molecule has 4 heteroatoms. The van der Waals surface area contributed by atoms with Gasteiger partial charge >= 0.3 is 5.97 Å². The van der Waals surface area contributed by atoms with E-state index in [1.54, 1.807) is 0 Å². The first kappa shape index (κ1) is 10.8. The second kappa shape index (κ2) is 4.28. The fourth-order valence-electron chi connectivity index (χ4n) is 1.54. The minimum atomic E-state index is -0.624. The number of carbonyl (C=O) groups is 1. The van der Waals surface area contributed by atoms with Gasteiger partial charge in [-0.25, -0.2) is 4.79 Å². The first-order valence-electron chi connectivity index (χ1n) is 4.31. The number of allylic oxidation sites excluding steroid dienone is 1. The minimum Gasteiger partial charge on any atom is -0.501 e. The van der Waals surface area contributed by atoms with Crippen molar-refractivity contribution in [2.75, 3.05) is 14.2 Å². The van der Waals surface area contributed by atoms with E-state index in [9.17, 15) is 9.90 Å². The third kappa shape index (κ3) is 1.96. The molecular formula is C10H14O4. The highest BCUT2D eigenvalue weighted by molar-refractivity contribution is 5.90. The van der Waals surface area contributed by atoms with Crippen LogP contribution in [0.4, 0.5) is 0 Å². The van der Waals surface area contributed by atoms with E-state index in [1.807, 2.05) is 0 Å². The average molecular weight is 198 g/mol. The van der Waals surface area contributed by atoms with Crippen LogP contribution < -0.4 is 0 Å². The van der Waals surface area contributed by atoms with Gasteiger partial charge in [-0.15, -0.1) is 0 Å². The van der Waals surface area contributed by atoms with Crippen molar-refractivity contribution in [3.05, 3.63) is 24.0 Å². The van der Waals surface area contributed by atoms with E-state index in [2.05, 4.69) is 11.3 Å². The van der Waals surface area contributed by atoms with Crippen LogP contribution in [0.3, 0.4) is 0 Å². The van der Waals surface area contributed by atoms with Crippen LogP contribution in [0.1, 0.15) is 6.42 Å². The number of hydrogen-bond acceptors (Lipinski definition) is 4. The number of esters is 1. The first-order chi connectivity index (χ1) is 6.60. The van der Waals surface area contributed by atoms with Gasteiger partial charge in [0, 0.05) is 5.57 Å². The molecule has 0 heterocycles. The Balaban J connectivity index is 2.84. The molecule has 2 unspecified atom stereocenters. The largest absolute Gasteiger partial charge is 0.501 e. The van der Waals surface area contributed by atoms with Gasteiger partial charge in [-0.1, -0.05) is 6.58 Å². The molecule has 0 saturated carbocycles. The maximum absolute atomic E-state index is 11.3. The maximum atomic E-state index is 11.3. The Kier molecular flexibility index (Phi) is 3.30. The number of aliphatic hydroxyl groups excluding tert-OH is 1. The molecule has 0 aromatic carbocycles. The molecule has 2 atom stereocenters. The summed E-state index contributed by atoms with van der Waals surface area (Å²) < 4.78 is 9.55. The quantitative estimate of drug-likeness (QED) is 0.533. The summed E-state index contributed by atoms with van der Waals surface area (Å²) in [4.78, 5) is 11.3. The zero-order valence-corrected chi connectivity index (χ0v) is 8.32. The van der Waals surface area contributed by atoms with Crippen LogP contribution in [0.25, 0.3) is 0 Å². The summed E-state index contributed by atoms with van der Waals surface area (Å²) in [6.45, 7) is 3.67. The molecule has 0 amide bonds. The molecule has 1 aliphatic carbocycles. The Morgan fingerprint density at radius 3 is 2.71 bits per heavy atom. The summed E-state index contributed by atoms with van der Waals surface area (Å²) in [5.74, 6) is -0.231. The van der Waals surface area contributed by atoms with Crippen molar-refractivity contribution < 1.29 is 19.4 Å². The van der Waals surface area contributed by atoms with Crippen LogP contribution in [0.2, 0.25) is 0 Å². The molecule has 1 aliphatic rings. The average Bonchev–Trinajstić information content (AvgIpc) is 2.58. The van der Waals surface area contributed by atoms with Crippen LogP contribution in [0, 0.1) is 5.92 Å². The monoisotopic (exact) mass is 198 g/mol. The summed E-state index contributed by atoms with van der Waals surface area (Å²) in [5, 5.41) is 9.38. The number of aliphatic hydroxyl groups is 1. The second-order valence-corrected chi connectivity index (χ2v) is 3.14. The number of carbonyl (C=O) groups excluding carboxylic acids is 1. The van der Waals surface area contributed by atoms with Gasteiger partial charge in [0.05, 0.1) is 32.0 Å². The first-order valence-corrected chi connectivity index (χ1v) is 4.31. The van der Waals surface area contributed by atoms with Gasteiger partial charge in [-0.3, -0.25) is 0 Å². The van der Waals surface area contributed by atoms with Crippen LogP contribution in [0.5, 0.6) is 0 Å². The van der Waals surface area contributed by atoms with Crippen molar-refractivity contribution in [2.45, 2.75) is 12.5 Å². The molecular weight excluding hydrogens is 184 g/mol. The Hall–Kier alpha value is -1.29. The van der Waals surface area contributed by atoms with E-state index >= 15 is 0 Å². The molecule has 1 rings (SSSR count). The van der Waals surface area contributed by atoms with Crippen molar-refractivity contribution in [3.63, 3.8) is 0 Å². The molecule has 0 saturated heterocycles. The van der Waals surface area contributed by atoms with Crippen LogP contribution in [-0.4, -0.2) is 31.4 Å². The number of methoxy groups -OCH3 is 2. The summed E-state index contributed by atoms with van der Waals surface area (Å²) in [6, 6.07) is 0. The molecule has 0 spiro atoms. The Bertz CT molecular complexity index is 280. The molecule has 0 radical (unpaired) electrons. The number of hydrogen-bond donors (Lipinski definition) is 1. The van der Waals surface area contributed by atoms with Crippen molar-refractivity contribution in [3.8, 4) is 0 Å². The fourth-order valence-corrected chi connectivity index (χ4v) is 1.54. The van der Waals surface area contributed by atoms with E-state index in [0.29, 0.717) is 17.8 Å². The van der Waals surface area contributed by atoms with Crippen molar-refractivity contribution in [1.82, 2.24) is 0 Å². The Morgan fingerprint density at radius 2 is 2.21 bits per heavy atom. The molecule has 0 aliphatic heterocycles. The van der Waals surface area contributed by atoms with E-state index in [-0.39, 0.29) is 5.92 Å². The fraction of sp³-hybridized carbons (Fsp3) is 0.500. The van der Waals surface area contributed by atoms with Crippen molar-refractivity contribution >= 4 is 5.97 Å². The Labute approximate surface area is 82.8 Å². The second-order valence-electron chi connectivity index (χ2n) is 3.14. The lowest BCUT2D eigenvalue weighted by Gasteiger charge is -2.14. The molecule has 0 aromatic heterocycles. The standard InChI is InChI=1S/C10H14O4/c1-6(13-2)8-4-7(11)5-9(8)10(12)14-3/h5,7-8,11H,1,4H2,2-3H3. The minimum absolute atomic E-state index is 0.262. The van der Waals surface area contributed by atoms with Crippen molar-refractivity contribution in [2.24, 2.45) is 5.92 Å². The maximum Gasteiger partial charge on any atom is 0.334 e. The SMILES string of the molecule is C=C(OC)C1CC(O)C=C1C(=O)OC. The normalized spacial score (nSPS) is 25.5. The van der Waals surface area contributed by atoms with Gasteiger partial charge in [0.25, 0.3) is 0 Å². The predicted molar refractivity (Wildman–Crippen MR) is 50.4 cm³/mol. The highest BCUT2D eigenvalue weighted by Crippen LogP contribution is 2.32. The van der Waals surface area contributed by atoms with Gasteiger partial charge < -0.3 is 14.6 Å². The van der Waals surface area contributed by atoms with Crippen LogP contribution in [-0.2, 0) is 14.3 Å². The van der Waals surface area contributed by atoms with E-state index in [1.165, 1.54) is 20.3 Å². The van der Waals surface area contributed by atoms with E-state index in [0.717, 1.165) is 0 Å². The molecule has 0 aromatic rings. The third-order valence-corrected chi connectivity index (χ3v) is 2.30. The van der Waals surface area contributed by atoms with Gasteiger partial charge in [-0.2, -0.15) is 0 Å². The number of rotatable bonds is 3. The summed E-state index contributed by atoms with van der Waals surface area (Å²) in [6.07, 6.45) is 1.29. The molecule has 1 N–H and O–H groups in total. The van der Waals surface area contributed by atoms with Crippen LogP contribution >= 0.6 is 0 Å². The van der Waals surface area contributed by atoms with Crippen molar-refractivity contribution in [1.29, 1.82) is 0 Å². The predicted octanol–water partition coefficient (Wildman–Crippen LogP) is 0.627. The summed E-state index contributed by atoms with van der Waals surface area (Å²) >= 11 is 0.